The van der Waals surface area contributed by atoms with Crippen molar-refractivity contribution in [3.63, 3.8) is 0 Å². The molecule has 0 bridgehead atoms. The number of aromatic nitrogens is 1. The number of carbonyl (C=O) groups is 1. The van der Waals surface area contributed by atoms with Gasteiger partial charge >= 0.3 is 0 Å². The van der Waals surface area contributed by atoms with Crippen molar-refractivity contribution in [2.45, 2.75) is 56.6 Å². The molecule has 1 amide bonds. The van der Waals surface area contributed by atoms with E-state index in [2.05, 4.69) is 21.2 Å². The first-order valence-electron chi connectivity index (χ1n) is 11.1. The Balaban J connectivity index is 1.65. The highest BCUT2D eigenvalue weighted by Crippen LogP contribution is 2.18. The van der Waals surface area contributed by atoms with Crippen molar-refractivity contribution >= 4 is 21.7 Å². The Morgan fingerprint density at radius 2 is 2.06 bits per heavy atom. The van der Waals surface area contributed by atoms with E-state index < -0.39 is 10.0 Å². The maximum absolute atomic E-state index is 12.8. The fraction of sp³-hybridized carbons (Fsp3) is 0.435. The third kappa shape index (κ3) is 6.51. The van der Waals surface area contributed by atoms with Gasteiger partial charge in [-0.1, -0.05) is 37.3 Å². The van der Waals surface area contributed by atoms with Gasteiger partial charge in [0.1, 0.15) is 16.8 Å². The first-order valence-corrected chi connectivity index (χ1v) is 12.5. The number of rotatable bonds is 10. The monoisotopic (exact) mass is 470 g/mol. The van der Waals surface area contributed by atoms with Gasteiger partial charge in [0.15, 0.2) is 0 Å². The quantitative estimate of drug-likeness (QED) is 0.512. The van der Waals surface area contributed by atoms with Gasteiger partial charge in [0.05, 0.1) is 12.6 Å². The normalized spacial score (nSPS) is 17.0. The summed E-state index contributed by atoms with van der Waals surface area (Å²) in [5.74, 6) is 0.319. The maximum Gasteiger partial charge on any atom is 0.242 e. The summed E-state index contributed by atoms with van der Waals surface area (Å²) in [6.45, 7) is 4.87. The van der Waals surface area contributed by atoms with Gasteiger partial charge < -0.3 is 10.3 Å². The summed E-state index contributed by atoms with van der Waals surface area (Å²) in [6, 6.07) is 14.2. The molecule has 2 atom stereocenters. The number of nitrogens with one attached hydrogen (secondary N) is 2. The van der Waals surface area contributed by atoms with Crippen molar-refractivity contribution in [2.24, 2.45) is 0 Å². The van der Waals surface area contributed by atoms with Crippen molar-refractivity contribution in [2.75, 3.05) is 18.5 Å². The van der Waals surface area contributed by atoms with Crippen LogP contribution in [0.25, 0.3) is 0 Å². The van der Waals surface area contributed by atoms with E-state index in [-0.39, 0.29) is 36.0 Å². The van der Waals surface area contributed by atoms with E-state index in [1.54, 1.807) is 16.0 Å². The number of hydrazine groups is 1. The average Bonchev–Trinajstić information content (AvgIpc) is 3.32. The molecule has 1 unspecified atom stereocenters. The van der Waals surface area contributed by atoms with Crippen LogP contribution in [-0.2, 0) is 21.4 Å². The Hall–Kier alpha value is -3.00. The molecule has 10 heteroatoms. The van der Waals surface area contributed by atoms with E-state index in [0.29, 0.717) is 18.8 Å². The number of anilines is 1. The van der Waals surface area contributed by atoms with Crippen molar-refractivity contribution in [3.05, 3.63) is 54.2 Å². The van der Waals surface area contributed by atoms with Gasteiger partial charge in [0.2, 0.25) is 15.9 Å². The number of hydrogen-bond acceptors (Lipinski definition) is 7. The minimum Gasteiger partial charge on any atom is -0.325 e. The number of sulfonamides is 1. The molecule has 2 heterocycles. The van der Waals surface area contributed by atoms with Crippen molar-refractivity contribution in [3.8, 4) is 6.07 Å². The predicted molar refractivity (Wildman–Crippen MR) is 125 cm³/mol. The Morgan fingerprint density at radius 1 is 1.30 bits per heavy atom. The largest absolute Gasteiger partial charge is 0.325 e. The van der Waals surface area contributed by atoms with Crippen molar-refractivity contribution in [1.82, 2.24) is 19.6 Å². The SMILES string of the molecule is CC[C@H](C)N(CC(=O)N1CCCC1C#N)Nc1ccc(S(=O)(=O)NCc2ccccc2)cn1. The zero-order valence-corrected chi connectivity index (χ0v) is 19.8. The average molecular weight is 471 g/mol. The molecule has 9 nitrogen and oxygen atoms in total. The molecule has 1 aliphatic rings. The second-order valence-electron chi connectivity index (χ2n) is 8.06. The standard InChI is InChI=1S/C23H30N6O3S/c1-3-18(2)29(17-23(30)28-13-7-10-20(28)14-24)27-22-12-11-21(16-25-22)33(31,32)26-15-19-8-5-4-6-9-19/h4-6,8-9,11-12,16,18,20,26H,3,7,10,13,15,17H2,1-2H3,(H,25,27)/t18-,20?/m0/s1. The number of nitrogens with zero attached hydrogens (tertiary/aromatic N) is 4. The molecule has 1 aromatic carbocycles. The van der Waals surface area contributed by atoms with Crippen LogP contribution in [0.2, 0.25) is 0 Å². The summed E-state index contributed by atoms with van der Waals surface area (Å²) in [7, 11) is -3.71. The topological polar surface area (TPSA) is 118 Å². The lowest BCUT2D eigenvalue weighted by molar-refractivity contribution is -0.132. The molecule has 2 N–H and O–H groups in total. The third-order valence-electron chi connectivity index (χ3n) is 5.76. The molecule has 0 radical (unpaired) electrons. The van der Waals surface area contributed by atoms with Crippen LogP contribution in [-0.4, -0.2) is 54.4 Å². The van der Waals surface area contributed by atoms with Crippen LogP contribution in [0, 0.1) is 11.3 Å². The maximum atomic E-state index is 12.8. The molecule has 1 aromatic heterocycles. The summed E-state index contributed by atoms with van der Waals surface area (Å²) in [4.78, 5) is 18.7. The zero-order valence-electron chi connectivity index (χ0n) is 18.9. The lowest BCUT2D eigenvalue weighted by Gasteiger charge is -2.31. The van der Waals surface area contributed by atoms with E-state index in [1.165, 1.54) is 12.3 Å². The van der Waals surface area contributed by atoms with E-state index in [0.717, 1.165) is 18.4 Å². The summed E-state index contributed by atoms with van der Waals surface area (Å²) in [6.07, 6.45) is 3.61. The second kappa shape index (κ2) is 11.2. The summed E-state index contributed by atoms with van der Waals surface area (Å²) >= 11 is 0. The van der Waals surface area contributed by atoms with E-state index in [1.807, 2.05) is 44.2 Å². The Kier molecular flexibility index (Phi) is 8.38. The zero-order chi connectivity index (χ0) is 23.8. The van der Waals surface area contributed by atoms with Gasteiger partial charge in [-0.05, 0) is 43.9 Å². The number of nitriles is 1. The Bertz CT molecular complexity index is 1070. The lowest BCUT2D eigenvalue weighted by Crippen LogP contribution is -2.47. The molecule has 1 aliphatic heterocycles. The van der Waals surface area contributed by atoms with Gasteiger partial charge in [-0.3, -0.25) is 4.79 Å². The Labute approximate surface area is 195 Å². The minimum atomic E-state index is -3.71. The molecule has 1 fully saturated rings. The highest BCUT2D eigenvalue weighted by Gasteiger charge is 2.30. The van der Waals surface area contributed by atoms with E-state index in [4.69, 9.17) is 0 Å². The molecule has 33 heavy (non-hydrogen) atoms. The minimum absolute atomic E-state index is 0.0230. The van der Waals surface area contributed by atoms with Crippen LogP contribution in [0.4, 0.5) is 5.82 Å². The van der Waals surface area contributed by atoms with Crippen LogP contribution in [0.1, 0.15) is 38.7 Å². The number of hydrogen-bond donors (Lipinski definition) is 2. The number of pyridine rings is 1. The number of benzene rings is 1. The van der Waals surface area contributed by atoms with Crippen LogP contribution in [0.15, 0.2) is 53.6 Å². The summed E-state index contributed by atoms with van der Waals surface area (Å²) in [5.41, 5.74) is 3.99. The molecule has 176 valence electrons. The van der Waals surface area contributed by atoms with E-state index in [9.17, 15) is 18.5 Å². The summed E-state index contributed by atoms with van der Waals surface area (Å²) in [5, 5.41) is 11.0. The molecule has 1 saturated heterocycles. The molecule has 3 rings (SSSR count). The predicted octanol–water partition coefficient (Wildman–Crippen LogP) is 2.50. The van der Waals surface area contributed by atoms with Gasteiger partial charge in [-0.2, -0.15) is 5.26 Å². The molecule has 2 aromatic rings. The summed E-state index contributed by atoms with van der Waals surface area (Å²) < 4.78 is 27.7. The Morgan fingerprint density at radius 3 is 2.70 bits per heavy atom. The van der Waals surface area contributed by atoms with Gasteiger partial charge in [0.25, 0.3) is 0 Å². The third-order valence-corrected chi connectivity index (χ3v) is 7.15. The van der Waals surface area contributed by atoms with Gasteiger partial charge in [-0.25, -0.2) is 23.1 Å². The van der Waals surface area contributed by atoms with Crippen LogP contribution in [0.3, 0.4) is 0 Å². The fourth-order valence-electron chi connectivity index (χ4n) is 3.57. The van der Waals surface area contributed by atoms with Crippen molar-refractivity contribution in [1.29, 1.82) is 5.26 Å². The fourth-order valence-corrected chi connectivity index (χ4v) is 4.53. The van der Waals surface area contributed by atoms with Gasteiger partial charge in [0, 0.05) is 25.3 Å². The second-order valence-corrected chi connectivity index (χ2v) is 9.83. The molecular formula is C23H30N6O3S. The van der Waals surface area contributed by atoms with Crippen molar-refractivity contribution < 1.29 is 13.2 Å². The molecule has 0 spiro atoms. The van der Waals surface area contributed by atoms with Crippen LogP contribution in [0.5, 0.6) is 0 Å². The number of carbonyl (C=O) groups excluding carboxylic acids is 1. The first-order chi connectivity index (χ1) is 15.8. The first kappa shape index (κ1) is 24.6. The van der Waals surface area contributed by atoms with Crippen LogP contribution < -0.4 is 10.1 Å². The van der Waals surface area contributed by atoms with E-state index >= 15 is 0 Å². The number of likely N-dealkylation sites (tertiary alicyclic amines) is 1. The highest BCUT2D eigenvalue weighted by molar-refractivity contribution is 7.89. The smallest absolute Gasteiger partial charge is 0.242 e. The highest BCUT2D eigenvalue weighted by atomic mass is 32.2. The van der Waals surface area contributed by atoms with Gasteiger partial charge in [-0.15, -0.1) is 0 Å². The van der Waals surface area contributed by atoms with Crippen LogP contribution >= 0.6 is 0 Å². The lowest BCUT2D eigenvalue weighted by atomic mass is 10.2. The molecule has 0 saturated carbocycles. The molecule has 0 aliphatic carbocycles. The number of amides is 1. The molecular weight excluding hydrogens is 440 g/mol.